The van der Waals surface area contributed by atoms with Crippen molar-refractivity contribution in [1.29, 1.82) is 0 Å². The number of fused-ring (bicyclic) bond motifs is 1. The van der Waals surface area contributed by atoms with Gasteiger partial charge in [0, 0.05) is 18.0 Å². The Morgan fingerprint density at radius 3 is 2.59 bits per heavy atom. The van der Waals surface area contributed by atoms with Crippen LogP contribution in [-0.4, -0.2) is 21.9 Å². The van der Waals surface area contributed by atoms with E-state index in [1.165, 1.54) is 25.4 Å². The third-order valence-corrected chi connectivity index (χ3v) is 4.28. The van der Waals surface area contributed by atoms with E-state index < -0.39 is 5.91 Å². The molecule has 0 radical (unpaired) electrons. The number of hydrazone groups is 1. The standard InChI is InChI=1S/C21H15FN4O3/c1-26-21(28)17-5-3-2-4-16(17)19(25-26)20(27)24-23-12-15-10-11-18(29-15)13-6-8-14(22)9-7-13/h2-12H,1H3,(H,24,27)/b23-12+. The van der Waals surface area contributed by atoms with Gasteiger partial charge in [0.05, 0.1) is 11.6 Å². The molecule has 0 spiro atoms. The van der Waals surface area contributed by atoms with Crippen LogP contribution in [0.15, 0.2) is 75.0 Å². The van der Waals surface area contributed by atoms with Gasteiger partial charge in [0.15, 0.2) is 5.69 Å². The second-order valence-electron chi connectivity index (χ2n) is 6.23. The molecule has 1 N–H and O–H groups in total. The van der Waals surface area contributed by atoms with Crippen LogP contribution in [0.4, 0.5) is 4.39 Å². The number of aromatic nitrogens is 2. The summed E-state index contributed by atoms with van der Waals surface area (Å²) in [5, 5.41) is 8.78. The first-order valence-electron chi connectivity index (χ1n) is 8.68. The van der Waals surface area contributed by atoms with Gasteiger partial charge in [-0.3, -0.25) is 9.59 Å². The van der Waals surface area contributed by atoms with Crippen LogP contribution in [0.3, 0.4) is 0 Å². The monoisotopic (exact) mass is 390 g/mol. The van der Waals surface area contributed by atoms with E-state index in [0.29, 0.717) is 22.3 Å². The fourth-order valence-corrected chi connectivity index (χ4v) is 2.87. The number of hydrogen-bond donors (Lipinski definition) is 1. The molecule has 7 nitrogen and oxygen atoms in total. The number of amides is 1. The highest BCUT2D eigenvalue weighted by atomic mass is 19.1. The van der Waals surface area contributed by atoms with Gasteiger partial charge in [0.2, 0.25) is 0 Å². The molecule has 0 saturated heterocycles. The van der Waals surface area contributed by atoms with E-state index in [4.69, 9.17) is 4.42 Å². The van der Waals surface area contributed by atoms with Gasteiger partial charge in [-0.15, -0.1) is 0 Å². The van der Waals surface area contributed by atoms with Crippen LogP contribution in [0, 0.1) is 5.82 Å². The first-order valence-corrected chi connectivity index (χ1v) is 8.68. The fraction of sp³-hybridized carbons (Fsp3) is 0.0476. The van der Waals surface area contributed by atoms with Crippen LogP contribution < -0.4 is 11.0 Å². The first-order chi connectivity index (χ1) is 14.0. The van der Waals surface area contributed by atoms with Crippen molar-refractivity contribution in [1.82, 2.24) is 15.2 Å². The van der Waals surface area contributed by atoms with E-state index in [9.17, 15) is 14.0 Å². The van der Waals surface area contributed by atoms with E-state index in [1.54, 1.807) is 48.5 Å². The Bertz CT molecular complexity index is 1290. The van der Waals surface area contributed by atoms with Crippen LogP contribution in [0.2, 0.25) is 0 Å². The van der Waals surface area contributed by atoms with E-state index in [-0.39, 0.29) is 17.1 Å². The number of rotatable bonds is 4. The lowest BCUT2D eigenvalue weighted by Gasteiger charge is -2.06. The molecule has 2 aromatic heterocycles. The number of nitrogens with one attached hydrogen (secondary N) is 1. The Morgan fingerprint density at radius 2 is 1.83 bits per heavy atom. The molecule has 0 bridgehead atoms. The molecule has 0 aliphatic rings. The molecule has 4 rings (SSSR count). The molecule has 2 aromatic carbocycles. The normalized spacial score (nSPS) is 11.2. The molecule has 0 aliphatic heterocycles. The Hall–Kier alpha value is -4.07. The molecular weight excluding hydrogens is 375 g/mol. The maximum atomic E-state index is 13.0. The van der Waals surface area contributed by atoms with Crippen LogP contribution in [-0.2, 0) is 7.05 Å². The first kappa shape index (κ1) is 18.3. The molecule has 0 saturated carbocycles. The highest BCUT2D eigenvalue weighted by Gasteiger charge is 2.15. The molecule has 1 amide bonds. The summed E-state index contributed by atoms with van der Waals surface area (Å²) in [6.45, 7) is 0. The molecule has 0 fully saturated rings. The van der Waals surface area contributed by atoms with E-state index in [1.807, 2.05) is 0 Å². The molecule has 4 aromatic rings. The fourth-order valence-electron chi connectivity index (χ4n) is 2.87. The third kappa shape index (κ3) is 3.68. The van der Waals surface area contributed by atoms with E-state index in [0.717, 1.165) is 10.2 Å². The predicted molar refractivity (Wildman–Crippen MR) is 106 cm³/mol. The van der Waals surface area contributed by atoms with Gasteiger partial charge in [-0.1, -0.05) is 18.2 Å². The van der Waals surface area contributed by atoms with Crippen LogP contribution in [0.25, 0.3) is 22.1 Å². The van der Waals surface area contributed by atoms with Crippen molar-refractivity contribution in [2.45, 2.75) is 0 Å². The third-order valence-electron chi connectivity index (χ3n) is 4.28. The summed E-state index contributed by atoms with van der Waals surface area (Å²) < 4.78 is 19.8. The average molecular weight is 390 g/mol. The maximum absolute atomic E-state index is 13.0. The zero-order valence-electron chi connectivity index (χ0n) is 15.3. The zero-order chi connectivity index (χ0) is 20.4. The van der Waals surface area contributed by atoms with Gasteiger partial charge in [-0.25, -0.2) is 14.5 Å². The lowest BCUT2D eigenvalue weighted by Crippen LogP contribution is -2.27. The summed E-state index contributed by atoms with van der Waals surface area (Å²) in [6, 6.07) is 16.0. The quantitative estimate of drug-likeness (QED) is 0.428. The Kier molecular flexibility index (Phi) is 4.74. The van der Waals surface area contributed by atoms with Crippen LogP contribution >= 0.6 is 0 Å². The van der Waals surface area contributed by atoms with Crippen LogP contribution in [0.5, 0.6) is 0 Å². The number of carbonyl (C=O) groups is 1. The van der Waals surface area contributed by atoms with Gasteiger partial charge >= 0.3 is 0 Å². The summed E-state index contributed by atoms with van der Waals surface area (Å²) in [5.74, 6) is 0.0640. The maximum Gasteiger partial charge on any atom is 0.292 e. The van der Waals surface area contributed by atoms with Gasteiger partial charge in [0.25, 0.3) is 11.5 Å². The minimum absolute atomic E-state index is 0.0892. The summed E-state index contributed by atoms with van der Waals surface area (Å²) in [6.07, 6.45) is 1.34. The second kappa shape index (κ2) is 7.51. The number of furan rings is 1. The van der Waals surface area contributed by atoms with Crippen molar-refractivity contribution < 1.29 is 13.6 Å². The van der Waals surface area contributed by atoms with Crippen LogP contribution in [0.1, 0.15) is 16.2 Å². The molecule has 8 heteroatoms. The number of carbonyl (C=O) groups excluding carboxylic acids is 1. The summed E-state index contributed by atoms with van der Waals surface area (Å²) in [4.78, 5) is 24.6. The Morgan fingerprint density at radius 1 is 1.10 bits per heavy atom. The smallest absolute Gasteiger partial charge is 0.292 e. The predicted octanol–water partition coefficient (Wildman–Crippen LogP) is 3.10. The highest BCUT2D eigenvalue weighted by Crippen LogP contribution is 2.21. The lowest BCUT2D eigenvalue weighted by atomic mass is 10.1. The summed E-state index contributed by atoms with van der Waals surface area (Å²) >= 11 is 0. The molecule has 0 atom stereocenters. The minimum atomic E-state index is -0.557. The molecule has 0 unspecified atom stereocenters. The molecule has 144 valence electrons. The SMILES string of the molecule is Cn1nc(C(=O)N/N=C/c2ccc(-c3ccc(F)cc3)o2)c2ccccc2c1=O. The Labute approximate surface area is 164 Å². The van der Waals surface area contributed by atoms with E-state index in [2.05, 4.69) is 15.6 Å². The minimum Gasteiger partial charge on any atom is -0.455 e. The molecule has 29 heavy (non-hydrogen) atoms. The van der Waals surface area contributed by atoms with Gasteiger partial charge < -0.3 is 4.42 Å². The summed E-state index contributed by atoms with van der Waals surface area (Å²) in [5.41, 5.74) is 2.91. The number of hydrogen-bond acceptors (Lipinski definition) is 5. The average Bonchev–Trinajstić information content (AvgIpc) is 3.20. The van der Waals surface area contributed by atoms with Crippen molar-refractivity contribution in [3.63, 3.8) is 0 Å². The zero-order valence-corrected chi connectivity index (χ0v) is 15.3. The largest absolute Gasteiger partial charge is 0.455 e. The van der Waals surface area contributed by atoms with Gasteiger partial charge in [-0.05, 0) is 42.5 Å². The van der Waals surface area contributed by atoms with Crippen molar-refractivity contribution >= 4 is 22.9 Å². The number of nitrogens with zero attached hydrogens (tertiary/aromatic N) is 3. The topological polar surface area (TPSA) is 89.5 Å². The van der Waals surface area contributed by atoms with Gasteiger partial charge in [0.1, 0.15) is 17.3 Å². The van der Waals surface area contributed by atoms with Crippen molar-refractivity contribution in [3.05, 3.63) is 88.3 Å². The number of halogens is 1. The lowest BCUT2D eigenvalue weighted by molar-refractivity contribution is 0.0950. The van der Waals surface area contributed by atoms with E-state index >= 15 is 0 Å². The van der Waals surface area contributed by atoms with Crippen molar-refractivity contribution in [3.8, 4) is 11.3 Å². The van der Waals surface area contributed by atoms with Gasteiger partial charge in [-0.2, -0.15) is 10.2 Å². The molecule has 2 heterocycles. The number of aryl methyl sites for hydroxylation is 1. The molecular formula is C21H15FN4O3. The summed E-state index contributed by atoms with van der Waals surface area (Å²) in [7, 11) is 1.48. The highest BCUT2D eigenvalue weighted by molar-refractivity contribution is 6.04. The van der Waals surface area contributed by atoms with Crippen molar-refractivity contribution in [2.75, 3.05) is 0 Å². The number of benzene rings is 2. The molecule has 0 aliphatic carbocycles. The van der Waals surface area contributed by atoms with Crippen molar-refractivity contribution in [2.24, 2.45) is 12.1 Å². The second-order valence-corrected chi connectivity index (χ2v) is 6.23. The Balaban J connectivity index is 1.53.